The van der Waals surface area contributed by atoms with E-state index in [0.717, 1.165) is 70.6 Å². The first kappa shape index (κ1) is 30.3. The monoisotopic (exact) mass is 476 g/mol. The lowest BCUT2D eigenvalue weighted by Gasteiger charge is -2.41. The summed E-state index contributed by atoms with van der Waals surface area (Å²) in [4.78, 5) is 11.1. The first-order valence-corrected chi connectivity index (χ1v) is 13.0. The van der Waals surface area contributed by atoms with Crippen molar-refractivity contribution in [2.24, 2.45) is 0 Å². The average Bonchev–Trinajstić information content (AvgIpc) is 2.82. The zero-order chi connectivity index (χ0) is 24.5. The molecule has 0 spiro atoms. The molecule has 0 saturated carbocycles. The van der Waals surface area contributed by atoms with Crippen LogP contribution in [0.1, 0.15) is 103 Å². The molecule has 0 radical (unpaired) electrons. The van der Waals surface area contributed by atoms with Crippen molar-refractivity contribution in [3.05, 3.63) is 0 Å². The molecule has 196 valence electrons. The van der Waals surface area contributed by atoms with Crippen LogP contribution in [0.4, 0.5) is 0 Å². The van der Waals surface area contributed by atoms with Gasteiger partial charge in [-0.2, -0.15) is 0 Å². The Morgan fingerprint density at radius 2 is 1.36 bits per heavy atom. The second-order valence-corrected chi connectivity index (χ2v) is 9.25. The molecule has 6 atom stereocenters. The highest BCUT2D eigenvalue weighted by atomic mass is 16.7. The molecule has 8 nitrogen and oxygen atoms in total. The molecular formula is C25H48O8. The first-order valence-electron chi connectivity index (χ1n) is 13.0. The highest BCUT2D eigenvalue weighted by molar-refractivity contribution is 5.68. The zero-order valence-corrected chi connectivity index (χ0v) is 20.7. The number of unbranched alkanes of at least 4 members (excludes halogenated alkanes) is 10. The Kier molecular flexibility index (Phi) is 17.0. The normalized spacial score (nSPS) is 26.3. The van der Waals surface area contributed by atoms with Crippen molar-refractivity contribution in [2.75, 3.05) is 13.7 Å². The lowest BCUT2D eigenvalue weighted by atomic mass is 9.98. The van der Waals surface area contributed by atoms with E-state index in [9.17, 15) is 25.2 Å². The maximum absolute atomic E-state index is 11.1. The van der Waals surface area contributed by atoms with E-state index in [-0.39, 0.29) is 12.1 Å². The summed E-state index contributed by atoms with van der Waals surface area (Å²) in [5, 5.41) is 39.7. The molecule has 0 aromatic heterocycles. The van der Waals surface area contributed by atoms with Crippen LogP contribution in [0, 0.1) is 0 Å². The largest absolute Gasteiger partial charge is 0.469 e. The predicted molar refractivity (Wildman–Crippen MR) is 126 cm³/mol. The molecule has 1 saturated heterocycles. The summed E-state index contributed by atoms with van der Waals surface area (Å²) >= 11 is 0. The number of hydrogen-bond acceptors (Lipinski definition) is 8. The van der Waals surface area contributed by atoms with Gasteiger partial charge in [0.1, 0.15) is 24.4 Å². The van der Waals surface area contributed by atoms with Crippen LogP contribution in [0.5, 0.6) is 0 Å². The fourth-order valence-corrected chi connectivity index (χ4v) is 4.25. The summed E-state index contributed by atoms with van der Waals surface area (Å²) in [5.41, 5.74) is 0. The van der Waals surface area contributed by atoms with Crippen molar-refractivity contribution >= 4 is 5.97 Å². The molecule has 8 heteroatoms. The second kappa shape index (κ2) is 18.5. The van der Waals surface area contributed by atoms with Gasteiger partial charge in [-0.25, -0.2) is 0 Å². The molecule has 4 N–H and O–H groups in total. The van der Waals surface area contributed by atoms with Gasteiger partial charge in [0.25, 0.3) is 0 Å². The minimum Gasteiger partial charge on any atom is -0.469 e. The quantitative estimate of drug-likeness (QED) is 0.165. The average molecular weight is 477 g/mol. The minimum atomic E-state index is -1.41. The standard InChI is InChI=1S/C25H48O8/c1-3-4-5-12-15-19(32-25-24(30)23(29)22(28)20(18-26)33-25)16-13-10-8-6-7-9-11-14-17-21(27)31-2/h19-20,22-26,28-30H,3-18H2,1-2H3/t19?,20-,22-,23+,24+,25-/m1/s1. The Morgan fingerprint density at radius 3 is 1.91 bits per heavy atom. The summed E-state index contributed by atoms with van der Waals surface area (Å²) in [6.45, 7) is 1.72. The van der Waals surface area contributed by atoms with Gasteiger partial charge in [0.2, 0.25) is 0 Å². The molecule has 0 aliphatic carbocycles. The van der Waals surface area contributed by atoms with Crippen LogP contribution in [0.15, 0.2) is 0 Å². The smallest absolute Gasteiger partial charge is 0.305 e. The molecule has 1 aliphatic rings. The number of carbonyl (C=O) groups is 1. The van der Waals surface area contributed by atoms with Gasteiger partial charge >= 0.3 is 5.97 Å². The highest BCUT2D eigenvalue weighted by Gasteiger charge is 2.44. The van der Waals surface area contributed by atoms with Gasteiger partial charge in [-0.3, -0.25) is 4.79 Å². The third kappa shape index (κ3) is 12.5. The van der Waals surface area contributed by atoms with E-state index in [1.165, 1.54) is 26.4 Å². The lowest BCUT2D eigenvalue weighted by Crippen LogP contribution is -2.59. The Labute approximate surface area is 199 Å². The summed E-state index contributed by atoms with van der Waals surface area (Å²) in [6.07, 6.45) is 9.17. The molecule has 1 fully saturated rings. The van der Waals surface area contributed by atoms with Crippen LogP contribution >= 0.6 is 0 Å². The van der Waals surface area contributed by atoms with Crippen molar-refractivity contribution in [2.45, 2.75) is 140 Å². The van der Waals surface area contributed by atoms with Gasteiger partial charge in [-0.15, -0.1) is 0 Å². The van der Waals surface area contributed by atoms with E-state index in [4.69, 9.17) is 9.47 Å². The van der Waals surface area contributed by atoms with Crippen molar-refractivity contribution in [3.63, 3.8) is 0 Å². The maximum Gasteiger partial charge on any atom is 0.305 e. The Hall–Kier alpha value is -0.770. The molecule has 1 unspecified atom stereocenters. The summed E-state index contributed by atoms with van der Waals surface area (Å²) in [5.74, 6) is -0.134. The van der Waals surface area contributed by atoms with Gasteiger partial charge in [-0.05, 0) is 19.3 Å². The van der Waals surface area contributed by atoms with E-state index >= 15 is 0 Å². The topological polar surface area (TPSA) is 126 Å². The van der Waals surface area contributed by atoms with Crippen LogP contribution in [-0.4, -0.2) is 76.9 Å². The Bertz CT molecular complexity index is 487. The van der Waals surface area contributed by atoms with Crippen LogP contribution in [0.2, 0.25) is 0 Å². The van der Waals surface area contributed by atoms with E-state index in [1.54, 1.807) is 0 Å². The number of aliphatic hydroxyl groups excluding tert-OH is 4. The van der Waals surface area contributed by atoms with Crippen molar-refractivity contribution in [1.82, 2.24) is 0 Å². The maximum atomic E-state index is 11.1. The molecule has 33 heavy (non-hydrogen) atoms. The molecule has 1 heterocycles. The Balaban J connectivity index is 2.33. The van der Waals surface area contributed by atoms with Gasteiger partial charge in [0.15, 0.2) is 6.29 Å². The fourth-order valence-electron chi connectivity index (χ4n) is 4.25. The number of aliphatic hydroxyl groups is 4. The third-order valence-electron chi connectivity index (χ3n) is 6.44. The molecule has 0 aromatic rings. The van der Waals surface area contributed by atoms with Crippen LogP contribution in [0.3, 0.4) is 0 Å². The molecule has 0 amide bonds. The molecular weight excluding hydrogens is 428 g/mol. The summed E-state index contributed by atoms with van der Waals surface area (Å²) in [7, 11) is 1.42. The van der Waals surface area contributed by atoms with Gasteiger partial charge in [0, 0.05) is 6.42 Å². The number of rotatable bonds is 19. The number of carbonyl (C=O) groups excluding carboxylic acids is 1. The first-order chi connectivity index (χ1) is 15.9. The van der Waals surface area contributed by atoms with Crippen LogP contribution < -0.4 is 0 Å². The summed E-state index contributed by atoms with van der Waals surface area (Å²) < 4.78 is 16.2. The zero-order valence-electron chi connectivity index (χ0n) is 20.7. The third-order valence-corrected chi connectivity index (χ3v) is 6.44. The van der Waals surface area contributed by atoms with Crippen molar-refractivity contribution in [3.8, 4) is 0 Å². The fraction of sp³-hybridized carbons (Fsp3) is 0.960. The summed E-state index contributed by atoms with van der Waals surface area (Å²) in [6, 6.07) is 0. The van der Waals surface area contributed by atoms with Gasteiger partial charge < -0.3 is 34.6 Å². The lowest BCUT2D eigenvalue weighted by molar-refractivity contribution is -0.312. The molecule has 1 rings (SSSR count). The predicted octanol–water partition coefficient (Wildman–Crippen LogP) is 3.22. The van der Waals surface area contributed by atoms with Gasteiger partial charge in [0.05, 0.1) is 19.8 Å². The second-order valence-electron chi connectivity index (χ2n) is 9.25. The van der Waals surface area contributed by atoms with Crippen LogP contribution in [-0.2, 0) is 19.0 Å². The highest BCUT2D eigenvalue weighted by Crippen LogP contribution is 2.26. The molecule has 0 aromatic carbocycles. The van der Waals surface area contributed by atoms with Crippen LogP contribution in [0.25, 0.3) is 0 Å². The number of ether oxygens (including phenoxy) is 3. The number of esters is 1. The molecule has 1 aliphatic heterocycles. The van der Waals surface area contributed by atoms with Crippen molar-refractivity contribution < 1.29 is 39.4 Å². The minimum absolute atomic E-state index is 0.0957. The SMILES string of the molecule is CCCCCCC(CCCCCCCCCCC(=O)OC)O[C@@H]1O[C@H](CO)[C@@H](O)[C@H](O)[C@@H]1O. The number of methoxy groups -OCH3 is 1. The van der Waals surface area contributed by atoms with Gasteiger partial charge in [-0.1, -0.05) is 77.6 Å². The Morgan fingerprint density at radius 1 is 0.818 bits per heavy atom. The number of hydrogen-bond donors (Lipinski definition) is 4. The van der Waals surface area contributed by atoms with E-state index in [2.05, 4.69) is 11.7 Å². The van der Waals surface area contributed by atoms with E-state index in [0.29, 0.717) is 6.42 Å². The molecule has 0 bridgehead atoms. The van der Waals surface area contributed by atoms with Crippen molar-refractivity contribution in [1.29, 1.82) is 0 Å². The van der Waals surface area contributed by atoms with E-state index < -0.39 is 37.3 Å². The van der Waals surface area contributed by atoms with E-state index in [1.807, 2.05) is 0 Å².